The number of halogens is 1. The first kappa shape index (κ1) is 10.6. The van der Waals surface area contributed by atoms with E-state index in [1.54, 1.807) is 4.31 Å². The van der Waals surface area contributed by atoms with E-state index in [1.165, 1.54) is 0 Å². The number of nitrogens with zero attached hydrogens (tertiary/aromatic N) is 1. The molecule has 1 aliphatic carbocycles. The fraction of sp³-hybridized carbons (Fsp3) is 0.778. The normalized spacial score (nSPS) is 33.2. The summed E-state index contributed by atoms with van der Waals surface area (Å²) in [6.07, 6.45) is 6.43. The predicted molar refractivity (Wildman–Crippen MR) is 59.6 cm³/mol. The van der Waals surface area contributed by atoms with Gasteiger partial charge in [-0.15, -0.1) is 0 Å². The van der Waals surface area contributed by atoms with Crippen molar-refractivity contribution in [3.05, 3.63) is 12.2 Å². The van der Waals surface area contributed by atoms with Gasteiger partial charge in [-0.25, -0.2) is 12.7 Å². The highest BCUT2D eigenvalue weighted by molar-refractivity contribution is 9.10. The third kappa shape index (κ3) is 1.90. The molecule has 1 fully saturated rings. The van der Waals surface area contributed by atoms with Crippen LogP contribution in [0.3, 0.4) is 0 Å². The SMILES string of the molecule is O=S(=O)(CBr)N1CC2CC=CCC2C1. The zero-order valence-electron chi connectivity index (χ0n) is 7.89. The van der Waals surface area contributed by atoms with Gasteiger partial charge in [0.25, 0.3) is 0 Å². The summed E-state index contributed by atoms with van der Waals surface area (Å²) >= 11 is 3.03. The van der Waals surface area contributed by atoms with Crippen LogP contribution in [0.15, 0.2) is 12.2 Å². The Labute approximate surface area is 93.3 Å². The van der Waals surface area contributed by atoms with Crippen molar-refractivity contribution in [3.8, 4) is 0 Å². The van der Waals surface area contributed by atoms with E-state index in [0.29, 0.717) is 24.9 Å². The molecule has 0 aromatic carbocycles. The largest absolute Gasteiger partial charge is 0.224 e. The fourth-order valence-electron chi connectivity index (χ4n) is 2.27. The summed E-state index contributed by atoms with van der Waals surface area (Å²) in [5, 5.41) is 0. The first-order chi connectivity index (χ1) is 6.63. The van der Waals surface area contributed by atoms with Gasteiger partial charge in [0.2, 0.25) is 10.0 Å². The van der Waals surface area contributed by atoms with Crippen LogP contribution in [-0.4, -0.2) is 30.5 Å². The minimum atomic E-state index is -3.03. The van der Waals surface area contributed by atoms with Gasteiger partial charge in [0, 0.05) is 13.1 Å². The Hall–Kier alpha value is 0.130. The second kappa shape index (κ2) is 3.94. The molecule has 2 unspecified atom stereocenters. The lowest BCUT2D eigenvalue weighted by Gasteiger charge is -2.18. The van der Waals surface area contributed by atoms with Crippen LogP contribution in [0.5, 0.6) is 0 Å². The van der Waals surface area contributed by atoms with Gasteiger partial charge in [-0.3, -0.25) is 0 Å². The Kier molecular flexibility index (Phi) is 3.00. The highest BCUT2D eigenvalue weighted by atomic mass is 79.9. The van der Waals surface area contributed by atoms with E-state index in [2.05, 4.69) is 28.1 Å². The average Bonchev–Trinajstić information content (AvgIpc) is 2.61. The smallest absolute Gasteiger partial charge is 0.211 e. The Morgan fingerprint density at radius 1 is 1.21 bits per heavy atom. The first-order valence-electron chi connectivity index (χ1n) is 4.82. The van der Waals surface area contributed by atoms with Crippen molar-refractivity contribution < 1.29 is 8.42 Å². The number of sulfonamides is 1. The monoisotopic (exact) mass is 279 g/mol. The second-order valence-corrected chi connectivity index (χ2v) is 7.27. The molecular formula is C9H14BrNO2S. The van der Waals surface area contributed by atoms with Gasteiger partial charge >= 0.3 is 0 Å². The van der Waals surface area contributed by atoms with Gasteiger partial charge < -0.3 is 0 Å². The number of alkyl halides is 1. The Morgan fingerprint density at radius 3 is 2.14 bits per heavy atom. The van der Waals surface area contributed by atoms with Crippen molar-refractivity contribution in [2.45, 2.75) is 12.8 Å². The van der Waals surface area contributed by atoms with Crippen LogP contribution in [-0.2, 0) is 10.0 Å². The quantitative estimate of drug-likeness (QED) is 0.568. The third-order valence-corrected chi connectivity index (χ3v) is 6.21. The summed E-state index contributed by atoms with van der Waals surface area (Å²) in [6, 6.07) is 0. The van der Waals surface area contributed by atoms with E-state index in [0.717, 1.165) is 12.8 Å². The lowest BCUT2D eigenvalue weighted by atomic mass is 9.86. The number of hydrogen-bond donors (Lipinski definition) is 0. The summed E-state index contributed by atoms with van der Waals surface area (Å²) < 4.78 is 24.9. The molecule has 80 valence electrons. The van der Waals surface area contributed by atoms with Crippen molar-refractivity contribution in [2.24, 2.45) is 11.8 Å². The van der Waals surface area contributed by atoms with Gasteiger partial charge in [-0.1, -0.05) is 28.1 Å². The molecule has 1 saturated heterocycles. The molecule has 14 heavy (non-hydrogen) atoms. The molecule has 0 saturated carbocycles. The topological polar surface area (TPSA) is 37.4 Å². The molecule has 0 bridgehead atoms. The molecule has 0 radical (unpaired) electrons. The highest BCUT2D eigenvalue weighted by Gasteiger charge is 2.37. The van der Waals surface area contributed by atoms with E-state index < -0.39 is 10.0 Å². The molecule has 0 amide bonds. The summed E-state index contributed by atoms with van der Waals surface area (Å²) in [6.45, 7) is 1.42. The third-order valence-electron chi connectivity index (χ3n) is 3.12. The number of rotatable bonds is 2. The van der Waals surface area contributed by atoms with Crippen LogP contribution in [0.1, 0.15) is 12.8 Å². The van der Waals surface area contributed by atoms with E-state index >= 15 is 0 Å². The Balaban J connectivity index is 2.09. The van der Waals surface area contributed by atoms with Crippen molar-refractivity contribution >= 4 is 26.0 Å². The van der Waals surface area contributed by atoms with E-state index in [1.807, 2.05) is 0 Å². The summed E-state index contributed by atoms with van der Waals surface area (Å²) in [5.41, 5.74) is 0. The van der Waals surface area contributed by atoms with Crippen LogP contribution in [0, 0.1) is 11.8 Å². The minimum Gasteiger partial charge on any atom is -0.211 e. The maximum absolute atomic E-state index is 11.6. The molecule has 0 N–H and O–H groups in total. The van der Waals surface area contributed by atoms with Gasteiger partial charge in [0.05, 0.1) is 0 Å². The van der Waals surface area contributed by atoms with Crippen molar-refractivity contribution in [3.63, 3.8) is 0 Å². The summed E-state index contributed by atoms with van der Waals surface area (Å²) in [4.78, 5) is 0. The Bertz CT molecular complexity index is 323. The van der Waals surface area contributed by atoms with Gasteiger partial charge in [0.1, 0.15) is 4.66 Å². The van der Waals surface area contributed by atoms with E-state index in [9.17, 15) is 8.42 Å². The highest BCUT2D eigenvalue weighted by Crippen LogP contribution is 2.34. The van der Waals surface area contributed by atoms with Crippen LogP contribution >= 0.6 is 15.9 Å². The van der Waals surface area contributed by atoms with E-state index in [4.69, 9.17) is 0 Å². The van der Waals surface area contributed by atoms with Crippen LogP contribution < -0.4 is 0 Å². The van der Waals surface area contributed by atoms with Crippen LogP contribution in [0.2, 0.25) is 0 Å². The van der Waals surface area contributed by atoms with Gasteiger partial charge in [-0.2, -0.15) is 0 Å². The Morgan fingerprint density at radius 2 is 1.71 bits per heavy atom. The number of allylic oxidation sites excluding steroid dienone is 2. The van der Waals surface area contributed by atoms with Gasteiger partial charge in [-0.05, 0) is 24.7 Å². The standard InChI is InChI=1S/C9H14BrNO2S/c10-7-14(12,13)11-5-8-3-1-2-4-9(8)6-11/h1-2,8-9H,3-7H2. The molecule has 0 aromatic heterocycles. The summed E-state index contributed by atoms with van der Waals surface area (Å²) in [5.74, 6) is 1.10. The molecule has 5 heteroatoms. The second-order valence-electron chi connectivity index (χ2n) is 4.00. The molecule has 1 heterocycles. The van der Waals surface area contributed by atoms with Crippen molar-refractivity contribution in [2.75, 3.05) is 17.8 Å². The maximum Gasteiger partial charge on any atom is 0.224 e. The fourth-order valence-corrected chi connectivity index (χ4v) is 4.11. The molecular weight excluding hydrogens is 266 g/mol. The van der Waals surface area contributed by atoms with E-state index in [-0.39, 0.29) is 4.66 Å². The molecule has 0 aromatic rings. The number of hydrogen-bond acceptors (Lipinski definition) is 2. The molecule has 1 aliphatic heterocycles. The minimum absolute atomic E-state index is 0.0485. The molecule has 0 spiro atoms. The molecule has 2 atom stereocenters. The number of fused-ring (bicyclic) bond motifs is 1. The van der Waals surface area contributed by atoms with Crippen LogP contribution in [0.4, 0.5) is 0 Å². The van der Waals surface area contributed by atoms with Crippen molar-refractivity contribution in [1.82, 2.24) is 4.31 Å². The molecule has 2 rings (SSSR count). The van der Waals surface area contributed by atoms with Crippen molar-refractivity contribution in [1.29, 1.82) is 0 Å². The summed E-state index contributed by atoms with van der Waals surface area (Å²) in [7, 11) is -3.03. The molecule has 2 aliphatic rings. The van der Waals surface area contributed by atoms with Gasteiger partial charge in [0.15, 0.2) is 0 Å². The zero-order valence-corrected chi connectivity index (χ0v) is 10.3. The average molecular weight is 280 g/mol. The zero-order chi connectivity index (χ0) is 10.2. The predicted octanol–water partition coefficient (Wildman–Crippen LogP) is 1.57. The lowest BCUT2D eigenvalue weighted by molar-refractivity contribution is 0.411. The molecule has 3 nitrogen and oxygen atoms in total. The maximum atomic E-state index is 11.6. The van der Waals surface area contributed by atoms with Crippen LogP contribution in [0.25, 0.3) is 0 Å². The first-order valence-corrected chi connectivity index (χ1v) is 7.55. The lowest BCUT2D eigenvalue weighted by Crippen LogP contribution is -2.29.